The van der Waals surface area contributed by atoms with E-state index in [2.05, 4.69) is 16.0 Å². The van der Waals surface area contributed by atoms with Crippen LogP contribution in [0.5, 0.6) is 0 Å². The number of amides is 5. The fourth-order valence-corrected chi connectivity index (χ4v) is 7.08. The van der Waals surface area contributed by atoms with E-state index in [1.54, 1.807) is 75.4 Å². The highest BCUT2D eigenvalue weighted by molar-refractivity contribution is 5.96. The van der Waals surface area contributed by atoms with Gasteiger partial charge in [0.15, 0.2) is 0 Å². The van der Waals surface area contributed by atoms with Crippen LogP contribution in [0.2, 0.25) is 0 Å². The third kappa shape index (κ3) is 20.1. The maximum atomic E-state index is 14.7. The number of ether oxygens (including phenoxy) is 3. The molecule has 0 saturated heterocycles. The van der Waals surface area contributed by atoms with Crippen LogP contribution in [0.15, 0.2) is 42.0 Å². The number of carboxylic acids is 1. The van der Waals surface area contributed by atoms with Crippen LogP contribution in [0.1, 0.15) is 149 Å². The molecule has 5 amide bonds. The normalized spacial score (nSPS) is 14.9. The molecule has 1 aromatic carbocycles. The molecule has 0 aliphatic heterocycles. The highest BCUT2D eigenvalue weighted by atomic mass is 16.6. The Morgan fingerprint density at radius 1 is 0.657 bits per heavy atom. The van der Waals surface area contributed by atoms with E-state index in [-0.39, 0.29) is 30.8 Å². The summed E-state index contributed by atoms with van der Waals surface area (Å²) in [5.74, 6) is -5.51. The number of benzene rings is 1. The van der Waals surface area contributed by atoms with Gasteiger partial charge in [0.1, 0.15) is 41.0 Å². The number of carboxylic acid groups (broad SMARTS) is 1. The summed E-state index contributed by atoms with van der Waals surface area (Å²) in [5, 5.41) is 17.4. The first-order valence-corrected chi connectivity index (χ1v) is 22.8. The molecule has 0 aromatic heterocycles. The van der Waals surface area contributed by atoms with Gasteiger partial charge in [0.05, 0.1) is 6.04 Å². The van der Waals surface area contributed by atoms with Crippen LogP contribution in [0.3, 0.4) is 0 Å². The molecule has 0 radical (unpaired) electrons. The zero-order valence-corrected chi connectivity index (χ0v) is 43.6. The first-order valence-electron chi connectivity index (χ1n) is 22.8. The fraction of sp³-hybridized carbons (Fsp3) is 0.680. The standard InChI is InChI=1S/C50H81N5O12/c1-30(2)35(29-31(3)40(59)52-34(44(63)66-48(10,11)12)25-27-36(56)51-33(26-28-37(57)58)43(62)65-47(7,8)9)54(18)42(61)38(46(4,5)6)53-41(60)39(55(19)45(64)67-49(13,14)15)50(16,17)32-23-21-20-22-24-32/h20-24,29-30,33-35,38-39H,25-28H2,1-19H3,(H,51,56)(H,52,59)(H,53,60)(H,57,58)/b31-29+/t33-,34-,35-,38-,39-/m1/s1. The Labute approximate surface area is 398 Å². The third-order valence-corrected chi connectivity index (χ3v) is 10.5. The van der Waals surface area contributed by atoms with Crippen molar-refractivity contribution in [2.75, 3.05) is 14.1 Å². The maximum absolute atomic E-state index is 14.7. The SMILES string of the molecule is C/C(=C\[C@H](C(C)C)N(C)C(=O)[C@@H](NC(=O)[C@@H](N(C)C(=O)OC(C)(C)C)C(C)(C)c1ccccc1)C(C)(C)C)C(=O)N[C@H](CCC(=O)N[C@H](CCC(=O)O)C(=O)OC(C)(C)C)C(=O)OC(C)(C)C. The molecule has 5 atom stereocenters. The Kier molecular flexibility index (Phi) is 21.3. The van der Waals surface area contributed by atoms with Gasteiger partial charge in [-0.2, -0.15) is 0 Å². The van der Waals surface area contributed by atoms with Crippen LogP contribution in [-0.4, -0.2) is 124 Å². The number of hydrogen-bond acceptors (Lipinski definition) is 11. The van der Waals surface area contributed by atoms with E-state index in [1.807, 2.05) is 78.8 Å². The van der Waals surface area contributed by atoms with E-state index >= 15 is 0 Å². The average Bonchev–Trinajstić information content (AvgIpc) is 3.15. The van der Waals surface area contributed by atoms with Crippen molar-refractivity contribution in [1.82, 2.24) is 25.8 Å². The number of aliphatic carboxylic acids is 1. The first kappa shape index (κ1) is 59.5. The zero-order valence-electron chi connectivity index (χ0n) is 43.6. The number of nitrogens with one attached hydrogen (secondary N) is 3. The zero-order chi connectivity index (χ0) is 52.2. The number of esters is 2. The first-order chi connectivity index (χ1) is 30.3. The molecular formula is C50H81N5O12. The van der Waals surface area contributed by atoms with E-state index in [0.717, 1.165) is 5.56 Å². The lowest BCUT2D eigenvalue weighted by atomic mass is 9.76. The number of nitrogens with zero attached hydrogens (tertiary/aromatic N) is 2. The molecular weight excluding hydrogens is 863 g/mol. The monoisotopic (exact) mass is 944 g/mol. The number of carbonyl (C=O) groups is 8. The molecule has 4 N–H and O–H groups in total. The predicted octanol–water partition coefficient (Wildman–Crippen LogP) is 6.46. The van der Waals surface area contributed by atoms with Crippen molar-refractivity contribution in [3.63, 3.8) is 0 Å². The number of hydrogen-bond donors (Lipinski definition) is 4. The van der Waals surface area contributed by atoms with Crippen LogP contribution in [0.4, 0.5) is 4.79 Å². The summed E-state index contributed by atoms with van der Waals surface area (Å²) >= 11 is 0. The summed E-state index contributed by atoms with van der Waals surface area (Å²) in [6.45, 7) is 29.4. The van der Waals surface area contributed by atoms with Crippen LogP contribution in [-0.2, 0) is 53.2 Å². The summed E-state index contributed by atoms with van der Waals surface area (Å²) in [6, 6.07) is 3.70. The molecule has 17 heteroatoms. The largest absolute Gasteiger partial charge is 0.481 e. The van der Waals surface area contributed by atoms with Crippen molar-refractivity contribution in [3.8, 4) is 0 Å². The Hall–Kier alpha value is -5.48. The molecule has 1 aromatic rings. The van der Waals surface area contributed by atoms with E-state index in [9.17, 15) is 43.5 Å². The van der Waals surface area contributed by atoms with Crippen molar-refractivity contribution in [1.29, 1.82) is 0 Å². The predicted molar refractivity (Wildman–Crippen MR) is 255 cm³/mol. The Bertz CT molecular complexity index is 1930. The van der Waals surface area contributed by atoms with Crippen LogP contribution < -0.4 is 16.0 Å². The molecule has 0 heterocycles. The van der Waals surface area contributed by atoms with Gasteiger partial charge >= 0.3 is 24.0 Å². The van der Waals surface area contributed by atoms with Gasteiger partial charge in [-0.3, -0.25) is 28.9 Å². The van der Waals surface area contributed by atoms with Crippen LogP contribution >= 0.6 is 0 Å². The Morgan fingerprint density at radius 3 is 1.55 bits per heavy atom. The minimum Gasteiger partial charge on any atom is -0.481 e. The summed E-state index contributed by atoms with van der Waals surface area (Å²) < 4.78 is 16.6. The van der Waals surface area contributed by atoms with Crippen molar-refractivity contribution < 1.29 is 57.7 Å². The molecule has 0 spiro atoms. The van der Waals surface area contributed by atoms with Crippen LogP contribution in [0.25, 0.3) is 0 Å². The van der Waals surface area contributed by atoms with E-state index in [1.165, 1.54) is 23.8 Å². The van der Waals surface area contributed by atoms with Crippen molar-refractivity contribution in [2.45, 2.75) is 196 Å². The second kappa shape index (κ2) is 24.0. The summed E-state index contributed by atoms with van der Waals surface area (Å²) in [4.78, 5) is 110. The maximum Gasteiger partial charge on any atom is 0.410 e. The van der Waals surface area contributed by atoms with Gasteiger partial charge in [-0.1, -0.05) is 84.9 Å². The molecule has 0 aliphatic rings. The second-order valence-corrected chi connectivity index (χ2v) is 22.1. The van der Waals surface area contributed by atoms with Crippen molar-refractivity contribution >= 4 is 47.6 Å². The van der Waals surface area contributed by atoms with E-state index in [0.29, 0.717) is 0 Å². The Morgan fingerprint density at radius 2 is 1.12 bits per heavy atom. The highest BCUT2D eigenvalue weighted by Gasteiger charge is 2.46. The molecule has 0 bridgehead atoms. The molecule has 378 valence electrons. The minimum absolute atomic E-state index is 0.134. The number of rotatable bonds is 20. The van der Waals surface area contributed by atoms with Gasteiger partial charge in [0, 0.05) is 37.9 Å². The van der Waals surface area contributed by atoms with Gasteiger partial charge in [-0.15, -0.1) is 0 Å². The van der Waals surface area contributed by atoms with E-state index in [4.69, 9.17) is 14.2 Å². The van der Waals surface area contributed by atoms with Gasteiger partial charge in [0.25, 0.3) is 0 Å². The number of carbonyl (C=O) groups excluding carboxylic acids is 7. The van der Waals surface area contributed by atoms with Crippen LogP contribution in [0, 0.1) is 11.3 Å². The summed E-state index contributed by atoms with van der Waals surface area (Å²) in [6.07, 6.45) is -0.392. The molecule has 0 saturated carbocycles. The molecule has 0 fully saturated rings. The lowest BCUT2D eigenvalue weighted by Crippen LogP contribution is -2.63. The lowest BCUT2D eigenvalue weighted by Gasteiger charge is -2.42. The topological polar surface area (TPSA) is 227 Å². The number of likely N-dealkylation sites (N-methyl/N-ethyl adjacent to an activating group) is 2. The highest BCUT2D eigenvalue weighted by Crippen LogP contribution is 2.32. The lowest BCUT2D eigenvalue weighted by molar-refractivity contribution is -0.160. The third-order valence-electron chi connectivity index (χ3n) is 10.5. The van der Waals surface area contributed by atoms with Gasteiger partial charge in [0.2, 0.25) is 23.6 Å². The molecule has 1 rings (SSSR count). The molecule has 67 heavy (non-hydrogen) atoms. The van der Waals surface area contributed by atoms with E-state index < -0.39 is 112 Å². The van der Waals surface area contributed by atoms with Gasteiger partial charge < -0.3 is 40.2 Å². The summed E-state index contributed by atoms with van der Waals surface area (Å²) in [5.41, 5.74) is -3.62. The molecule has 0 aliphatic carbocycles. The smallest absolute Gasteiger partial charge is 0.410 e. The van der Waals surface area contributed by atoms with Gasteiger partial charge in [-0.25, -0.2) is 14.4 Å². The summed E-state index contributed by atoms with van der Waals surface area (Å²) in [7, 11) is 3.06. The minimum atomic E-state index is -1.33. The molecule has 17 nitrogen and oxygen atoms in total. The van der Waals surface area contributed by atoms with Crippen molar-refractivity contribution in [2.24, 2.45) is 11.3 Å². The second-order valence-electron chi connectivity index (χ2n) is 22.1. The van der Waals surface area contributed by atoms with Crippen molar-refractivity contribution in [3.05, 3.63) is 47.5 Å². The van der Waals surface area contributed by atoms with Gasteiger partial charge in [-0.05, 0) is 99.0 Å². The molecule has 0 unspecified atom stereocenters. The fourth-order valence-electron chi connectivity index (χ4n) is 7.08. The average molecular weight is 944 g/mol. The quantitative estimate of drug-likeness (QED) is 0.0628. The Balaban J connectivity index is 3.55.